The minimum atomic E-state index is -0.205. The second-order valence-electron chi connectivity index (χ2n) is 4.85. The summed E-state index contributed by atoms with van der Waals surface area (Å²) in [5, 5.41) is 0.714. The summed E-state index contributed by atoms with van der Waals surface area (Å²) in [6, 6.07) is 3.90. The lowest BCUT2D eigenvalue weighted by Crippen LogP contribution is -2.34. The number of hydrogen-bond donors (Lipinski definition) is 1. The van der Waals surface area contributed by atoms with E-state index in [1.165, 1.54) is 24.0 Å². The Balaban J connectivity index is 2.55. The number of methoxy groups -OCH3 is 1. The molecule has 1 saturated carbocycles. The van der Waals surface area contributed by atoms with E-state index in [1.807, 2.05) is 12.1 Å². The van der Waals surface area contributed by atoms with Gasteiger partial charge in [0.1, 0.15) is 5.75 Å². The first-order valence-corrected chi connectivity index (χ1v) is 6.64. The van der Waals surface area contributed by atoms with Gasteiger partial charge in [0.25, 0.3) is 0 Å². The summed E-state index contributed by atoms with van der Waals surface area (Å²) >= 11 is 6.16. The van der Waals surface area contributed by atoms with Crippen LogP contribution in [-0.2, 0) is 12.0 Å². The zero-order valence-corrected chi connectivity index (χ0v) is 11.3. The molecule has 17 heavy (non-hydrogen) atoms. The minimum Gasteiger partial charge on any atom is -0.496 e. The molecule has 94 valence electrons. The molecular weight excluding hydrogens is 234 g/mol. The molecule has 3 heteroatoms. The highest BCUT2D eigenvalue weighted by Gasteiger charge is 2.34. The zero-order chi connectivity index (χ0) is 12.5. The van der Waals surface area contributed by atoms with E-state index in [9.17, 15) is 0 Å². The van der Waals surface area contributed by atoms with Crippen LogP contribution in [0.2, 0.25) is 5.02 Å². The fourth-order valence-corrected chi connectivity index (χ4v) is 3.09. The molecule has 0 aromatic heterocycles. The molecule has 1 fully saturated rings. The summed E-state index contributed by atoms with van der Waals surface area (Å²) in [6.45, 7) is 2.13. The monoisotopic (exact) mass is 253 g/mol. The third-order valence-electron chi connectivity index (χ3n) is 3.78. The van der Waals surface area contributed by atoms with Crippen LogP contribution in [0, 0.1) is 0 Å². The molecule has 2 N–H and O–H groups in total. The van der Waals surface area contributed by atoms with Gasteiger partial charge in [0.2, 0.25) is 0 Å². The van der Waals surface area contributed by atoms with E-state index in [1.54, 1.807) is 7.11 Å². The molecule has 1 aromatic carbocycles. The van der Waals surface area contributed by atoms with Crippen LogP contribution >= 0.6 is 11.6 Å². The van der Waals surface area contributed by atoms with Crippen LogP contribution in [0.5, 0.6) is 5.75 Å². The molecular formula is C14H20ClNO. The molecule has 0 saturated heterocycles. The van der Waals surface area contributed by atoms with Gasteiger partial charge < -0.3 is 10.5 Å². The minimum absolute atomic E-state index is 0.205. The summed E-state index contributed by atoms with van der Waals surface area (Å²) in [7, 11) is 1.69. The van der Waals surface area contributed by atoms with Crippen molar-refractivity contribution < 1.29 is 4.74 Å². The maximum Gasteiger partial charge on any atom is 0.123 e. The summed E-state index contributed by atoms with van der Waals surface area (Å²) in [5.41, 5.74) is 8.72. The molecule has 0 unspecified atom stereocenters. The van der Waals surface area contributed by atoms with Gasteiger partial charge >= 0.3 is 0 Å². The largest absolute Gasteiger partial charge is 0.496 e. The molecule has 1 aliphatic rings. The Kier molecular flexibility index (Phi) is 3.64. The summed E-state index contributed by atoms with van der Waals surface area (Å²) in [5.74, 6) is 0.867. The molecule has 1 aliphatic carbocycles. The molecule has 0 amide bonds. The van der Waals surface area contributed by atoms with E-state index in [0.717, 1.165) is 25.0 Å². The van der Waals surface area contributed by atoms with E-state index < -0.39 is 0 Å². The van der Waals surface area contributed by atoms with Crippen molar-refractivity contribution in [3.8, 4) is 5.75 Å². The molecule has 0 spiro atoms. The number of rotatable bonds is 3. The van der Waals surface area contributed by atoms with Crippen LogP contribution in [-0.4, -0.2) is 7.11 Å². The van der Waals surface area contributed by atoms with E-state index in [-0.39, 0.29) is 5.54 Å². The maximum atomic E-state index is 6.54. The van der Waals surface area contributed by atoms with Crippen molar-refractivity contribution in [1.82, 2.24) is 0 Å². The van der Waals surface area contributed by atoms with Crippen molar-refractivity contribution in [2.24, 2.45) is 5.73 Å². The average Bonchev–Trinajstić information content (AvgIpc) is 2.76. The second-order valence-corrected chi connectivity index (χ2v) is 5.29. The van der Waals surface area contributed by atoms with Gasteiger partial charge in [0.05, 0.1) is 7.11 Å². The fraction of sp³-hybridized carbons (Fsp3) is 0.571. The van der Waals surface area contributed by atoms with E-state index in [4.69, 9.17) is 22.1 Å². The third-order valence-corrected chi connectivity index (χ3v) is 4.00. The van der Waals surface area contributed by atoms with Gasteiger partial charge in [0, 0.05) is 10.6 Å². The van der Waals surface area contributed by atoms with Crippen LogP contribution in [0.25, 0.3) is 0 Å². The van der Waals surface area contributed by atoms with Crippen molar-refractivity contribution in [2.75, 3.05) is 7.11 Å². The van der Waals surface area contributed by atoms with Crippen LogP contribution < -0.4 is 10.5 Å². The normalized spacial score (nSPS) is 18.4. The lowest BCUT2D eigenvalue weighted by Gasteiger charge is -2.28. The summed E-state index contributed by atoms with van der Waals surface area (Å²) in [6.07, 6.45) is 5.42. The predicted molar refractivity (Wildman–Crippen MR) is 71.7 cm³/mol. The lowest BCUT2D eigenvalue weighted by molar-refractivity contribution is 0.401. The van der Waals surface area contributed by atoms with Gasteiger partial charge in [-0.25, -0.2) is 0 Å². The zero-order valence-electron chi connectivity index (χ0n) is 10.6. The Hall–Kier alpha value is -0.730. The summed E-state index contributed by atoms with van der Waals surface area (Å²) in [4.78, 5) is 0. The third kappa shape index (κ3) is 2.29. The highest BCUT2D eigenvalue weighted by molar-refractivity contribution is 6.30. The first-order chi connectivity index (χ1) is 8.10. The highest BCUT2D eigenvalue weighted by Crippen LogP contribution is 2.41. The van der Waals surface area contributed by atoms with Crippen LogP contribution in [0.15, 0.2) is 12.1 Å². The molecule has 0 heterocycles. The smallest absolute Gasteiger partial charge is 0.123 e. The second kappa shape index (κ2) is 4.87. The van der Waals surface area contributed by atoms with Crippen molar-refractivity contribution in [3.05, 3.63) is 28.3 Å². The first kappa shape index (κ1) is 12.7. The van der Waals surface area contributed by atoms with Gasteiger partial charge in [-0.3, -0.25) is 0 Å². The molecule has 0 aliphatic heterocycles. The Morgan fingerprint density at radius 2 is 2.00 bits per heavy atom. The molecule has 2 nitrogen and oxygen atoms in total. The number of nitrogens with two attached hydrogens (primary N) is 1. The van der Waals surface area contributed by atoms with Gasteiger partial charge in [-0.2, -0.15) is 0 Å². The highest BCUT2D eigenvalue weighted by atomic mass is 35.5. The van der Waals surface area contributed by atoms with Crippen molar-refractivity contribution in [2.45, 2.75) is 44.6 Å². The number of hydrogen-bond acceptors (Lipinski definition) is 2. The number of benzene rings is 1. The Morgan fingerprint density at radius 1 is 1.35 bits per heavy atom. The maximum absolute atomic E-state index is 6.54. The average molecular weight is 254 g/mol. The molecule has 0 radical (unpaired) electrons. The van der Waals surface area contributed by atoms with Gasteiger partial charge in [-0.05, 0) is 42.5 Å². The molecule has 2 rings (SSSR count). The topological polar surface area (TPSA) is 35.2 Å². The van der Waals surface area contributed by atoms with Gasteiger partial charge in [0.15, 0.2) is 0 Å². The van der Waals surface area contributed by atoms with Gasteiger partial charge in [-0.1, -0.05) is 31.4 Å². The Labute approximate surface area is 108 Å². The van der Waals surface area contributed by atoms with Crippen molar-refractivity contribution >= 4 is 11.6 Å². The molecule has 0 atom stereocenters. The standard InChI is InChI=1S/C14H20ClNO/c1-3-11-12(14(16)6-4-5-7-14)8-10(15)9-13(11)17-2/h8-9H,3-7,16H2,1-2H3. The van der Waals surface area contributed by atoms with Gasteiger partial charge in [-0.15, -0.1) is 0 Å². The van der Waals surface area contributed by atoms with E-state index >= 15 is 0 Å². The quantitative estimate of drug-likeness (QED) is 0.893. The Morgan fingerprint density at radius 3 is 2.53 bits per heavy atom. The van der Waals surface area contributed by atoms with Crippen LogP contribution in [0.3, 0.4) is 0 Å². The predicted octanol–water partition coefficient (Wildman–Crippen LogP) is 3.64. The number of halogens is 1. The van der Waals surface area contributed by atoms with E-state index in [2.05, 4.69) is 6.92 Å². The summed E-state index contributed by atoms with van der Waals surface area (Å²) < 4.78 is 5.42. The SMILES string of the molecule is CCc1c(OC)cc(Cl)cc1C1(N)CCCC1. The molecule has 0 bridgehead atoms. The van der Waals surface area contributed by atoms with Crippen molar-refractivity contribution in [3.63, 3.8) is 0 Å². The van der Waals surface area contributed by atoms with Crippen LogP contribution in [0.4, 0.5) is 0 Å². The van der Waals surface area contributed by atoms with E-state index in [0.29, 0.717) is 5.02 Å². The Bertz CT molecular complexity index is 411. The van der Waals surface area contributed by atoms with Crippen molar-refractivity contribution in [1.29, 1.82) is 0 Å². The first-order valence-electron chi connectivity index (χ1n) is 6.26. The lowest BCUT2D eigenvalue weighted by atomic mass is 9.84. The van der Waals surface area contributed by atoms with Crippen LogP contribution in [0.1, 0.15) is 43.7 Å². The fourth-order valence-electron chi connectivity index (χ4n) is 2.88. The number of ether oxygens (including phenoxy) is 1. The molecule has 1 aromatic rings.